The molecule has 6 heteroatoms. The van der Waals surface area contributed by atoms with E-state index >= 15 is 0 Å². The maximum atomic E-state index is 9.67. The van der Waals surface area contributed by atoms with Gasteiger partial charge in [0.1, 0.15) is 17.7 Å². The zero-order chi connectivity index (χ0) is 27.0. The second kappa shape index (κ2) is 10.6. The lowest BCUT2D eigenvalue weighted by atomic mass is 9.73. The molecule has 0 amide bonds. The average Bonchev–Trinajstić information content (AvgIpc) is 3.23. The van der Waals surface area contributed by atoms with Crippen molar-refractivity contribution in [3.8, 4) is 16.9 Å². The van der Waals surface area contributed by atoms with Crippen LogP contribution in [0.5, 0.6) is 5.75 Å². The standard InChI is InChI=1S/C33H37N3O3/c1-2-16-36-17-13-33(14-18-36)21-30(39-29-9-4-3-6-23(29)20-31(37)38)27-19-22(10-11-28(27)33)24-7-5-8-26-25(24)12-15-35-32(26)34/h3-12,15,19,30-31,37-38H,2,13-14,16-18,20-21H2,1H3,(H2,34,35)/t30-/m1/s1. The molecule has 0 saturated carbocycles. The van der Waals surface area contributed by atoms with Gasteiger partial charge in [-0.3, -0.25) is 0 Å². The quantitative estimate of drug-likeness (QED) is 0.273. The number of aromatic nitrogens is 1. The van der Waals surface area contributed by atoms with Crippen molar-refractivity contribution in [2.75, 3.05) is 25.4 Å². The third-order valence-corrected chi connectivity index (χ3v) is 8.69. The number of para-hydroxylation sites is 1. The highest BCUT2D eigenvalue weighted by Gasteiger charge is 2.46. The topological polar surface area (TPSA) is 91.8 Å². The van der Waals surface area contributed by atoms with E-state index in [1.807, 2.05) is 42.5 Å². The maximum Gasteiger partial charge on any atom is 0.155 e. The van der Waals surface area contributed by atoms with Crippen LogP contribution in [0.1, 0.15) is 55.4 Å². The van der Waals surface area contributed by atoms with Gasteiger partial charge < -0.3 is 25.6 Å². The minimum absolute atomic E-state index is 0.0846. The molecule has 39 heavy (non-hydrogen) atoms. The minimum atomic E-state index is -1.42. The number of benzene rings is 3. The summed E-state index contributed by atoms with van der Waals surface area (Å²) < 4.78 is 6.77. The molecule has 2 heterocycles. The summed E-state index contributed by atoms with van der Waals surface area (Å²) in [5, 5.41) is 21.4. The molecule has 1 spiro atoms. The van der Waals surface area contributed by atoms with Crippen LogP contribution in [0.15, 0.2) is 72.9 Å². The molecule has 1 aromatic heterocycles. The molecule has 1 aliphatic heterocycles. The van der Waals surface area contributed by atoms with Crippen LogP contribution >= 0.6 is 0 Å². The van der Waals surface area contributed by atoms with Crippen molar-refractivity contribution in [2.24, 2.45) is 0 Å². The van der Waals surface area contributed by atoms with Crippen molar-refractivity contribution in [2.45, 2.75) is 56.8 Å². The van der Waals surface area contributed by atoms with E-state index in [4.69, 9.17) is 10.5 Å². The normalized spacial score (nSPS) is 18.6. The number of hydrogen-bond acceptors (Lipinski definition) is 6. The summed E-state index contributed by atoms with van der Waals surface area (Å²) in [5.41, 5.74) is 12.0. The number of pyridine rings is 1. The molecule has 1 atom stereocenters. The number of aliphatic hydroxyl groups excluding tert-OH is 1. The first-order valence-corrected chi connectivity index (χ1v) is 14.1. The van der Waals surface area contributed by atoms with E-state index < -0.39 is 6.29 Å². The highest BCUT2D eigenvalue weighted by atomic mass is 16.5. The number of anilines is 1. The Morgan fingerprint density at radius 2 is 1.85 bits per heavy atom. The van der Waals surface area contributed by atoms with Crippen LogP contribution in [0.2, 0.25) is 0 Å². The molecule has 2 aliphatic rings. The number of likely N-dealkylation sites (tertiary alicyclic amines) is 1. The Hall–Kier alpha value is -3.45. The Bertz CT molecular complexity index is 1480. The van der Waals surface area contributed by atoms with Gasteiger partial charge in [0.05, 0.1) is 0 Å². The van der Waals surface area contributed by atoms with Crippen LogP contribution in [0.25, 0.3) is 21.9 Å². The molecule has 1 saturated heterocycles. The first-order chi connectivity index (χ1) is 19.0. The number of aliphatic hydroxyl groups is 2. The first-order valence-electron chi connectivity index (χ1n) is 14.1. The fourth-order valence-electron chi connectivity index (χ4n) is 6.77. The molecule has 0 radical (unpaired) electrons. The third kappa shape index (κ3) is 4.89. The number of hydrogen-bond donors (Lipinski definition) is 3. The van der Waals surface area contributed by atoms with Gasteiger partial charge in [-0.25, -0.2) is 4.98 Å². The average molecular weight is 524 g/mol. The van der Waals surface area contributed by atoms with Crippen molar-refractivity contribution in [1.82, 2.24) is 9.88 Å². The number of piperidine rings is 1. The highest BCUT2D eigenvalue weighted by Crippen LogP contribution is 2.53. The van der Waals surface area contributed by atoms with Gasteiger partial charge in [-0.05, 0) is 96.7 Å². The second-order valence-electron chi connectivity index (χ2n) is 11.1. The van der Waals surface area contributed by atoms with Gasteiger partial charge in [0.2, 0.25) is 0 Å². The van der Waals surface area contributed by atoms with E-state index in [9.17, 15) is 10.2 Å². The smallest absolute Gasteiger partial charge is 0.155 e. The SMILES string of the molecule is CCCN1CCC2(CC1)C[C@@H](Oc1ccccc1CC(O)O)c1cc(-c3cccc4c(N)nccc34)ccc12. The molecular formula is C33H37N3O3. The van der Waals surface area contributed by atoms with E-state index in [1.54, 1.807) is 6.20 Å². The van der Waals surface area contributed by atoms with Gasteiger partial charge >= 0.3 is 0 Å². The van der Waals surface area contributed by atoms with E-state index in [-0.39, 0.29) is 17.9 Å². The van der Waals surface area contributed by atoms with Crippen LogP contribution in [0.4, 0.5) is 5.82 Å². The van der Waals surface area contributed by atoms with Gasteiger partial charge in [0, 0.05) is 23.4 Å². The van der Waals surface area contributed by atoms with Crippen LogP contribution in [0.3, 0.4) is 0 Å². The summed E-state index contributed by atoms with van der Waals surface area (Å²) in [5.74, 6) is 1.26. The number of nitrogens with two attached hydrogens (primary N) is 1. The van der Waals surface area contributed by atoms with Crippen molar-refractivity contribution in [3.63, 3.8) is 0 Å². The van der Waals surface area contributed by atoms with Gasteiger partial charge in [-0.1, -0.05) is 55.5 Å². The molecule has 1 fully saturated rings. The Balaban J connectivity index is 1.42. The van der Waals surface area contributed by atoms with E-state index in [2.05, 4.69) is 41.1 Å². The lowest BCUT2D eigenvalue weighted by Crippen LogP contribution is -2.42. The molecule has 6 rings (SSSR count). The summed E-state index contributed by atoms with van der Waals surface area (Å²) in [4.78, 5) is 6.87. The summed E-state index contributed by atoms with van der Waals surface area (Å²) in [7, 11) is 0. The molecule has 6 nitrogen and oxygen atoms in total. The van der Waals surface area contributed by atoms with Gasteiger partial charge in [-0.15, -0.1) is 0 Å². The number of rotatable bonds is 7. The molecule has 202 valence electrons. The van der Waals surface area contributed by atoms with E-state index in [1.165, 1.54) is 17.5 Å². The zero-order valence-corrected chi connectivity index (χ0v) is 22.5. The van der Waals surface area contributed by atoms with Crippen molar-refractivity contribution in [1.29, 1.82) is 0 Å². The molecule has 0 unspecified atom stereocenters. The number of ether oxygens (including phenoxy) is 1. The van der Waals surface area contributed by atoms with Gasteiger partial charge in [0.25, 0.3) is 0 Å². The lowest BCUT2D eigenvalue weighted by Gasteiger charge is -2.40. The minimum Gasteiger partial charge on any atom is -0.485 e. The van der Waals surface area contributed by atoms with Crippen molar-refractivity contribution < 1.29 is 14.9 Å². The lowest BCUT2D eigenvalue weighted by molar-refractivity contribution is -0.0387. The summed E-state index contributed by atoms with van der Waals surface area (Å²) in [6, 6.07) is 22.8. The fourth-order valence-corrected chi connectivity index (χ4v) is 6.77. The first kappa shape index (κ1) is 25.8. The molecule has 1 aliphatic carbocycles. The number of nitrogens with zero attached hydrogens (tertiary/aromatic N) is 2. The fraction of sp³-hybridized carbons (Fsp3) is 0.364. The van der Waals surface area contributed by atoms with Crippen LogP contribution in [0, 0.1) is 0 Å². The summed E-state index contributed by atoms with van der Waals surface area (Å²) >= 11 is 0. The summed E-state index contributed by atoms with van der Waals surface area (Å²) in [6.07, 6.45) is 4.71. The predicted molar refractivity (Wildman–Crippen MR) is 156 cm³/mol. The Morgan fingerprint density at radius 1 is 1.03 bits per heavy atom. The zero-order valence-electron chi connectivity index (χ0n) is 22.5. The molecule has 4 N–H and O–H groups in total. The third-order valence-electron chi connectivity index (χ3n) is 8.69. The van der Waals surface area contributed by atoms with Gasteiger partial charge in [-0.2, -0.15) is 0 Å². The van der Waals surface area contributed by atoms with E-state index in [0.29, 0.717) is 5.82 Å². The molecule has 4 aromatic rings. The number of nitrogen functional groups attached to an aromatic ring is 1. The maximum absolute atomic E-state index is 9.67. The Kier molecular flexibility index (Phi) is 7.02. The largest absolute Gasteiger partial charge is 0.485 e. The molecule has 3 aromatic carbocycles. The van der Waals surface area contributed by atoms with E-state index in [0.717, 1.165) is 72.1 Å². The van der Waals surface area contributed by atoms with Crippen LogP contribution in [-0.2, 0) is 11.8 Å². The molecule has 0 bridgehead atoms. The Morgan fingerprint density at radius 3 is 2.64 bits per heavy atom. The predicted octanol–water partition coefficient (Wildman–Crippen LogP) is 5.60. The van der Waals surface area contributed by atoms with Gasteiger partial charge in [0.15, 0.2) is 6.29 Å². The Labute approximate surface area is 230 Å². The van der Waals surface area contributed by atoms with Crippen LogP contribution in [-0.4, -0.2) is 46.0 Å². The monoisotopic (exact) mass is 523 g/mol. The highest BCUT2D eigenvalue weighted by molar-refractivity contribution is 6.01. The van der Waals surface area contributed by atoms with Crippen molar-refractivity contribution in [3.05, 3.63) is 89.6 Å². The number of fused-ring (bicyclic) bond motifs is 3. The van der Waals surface area contributed by atoms with Crippen LogP contribution < -0.4 is 10.5 Å². The van der Waals surface area contributed by atoms with Crippen molar-refractivity contribution >= 4 is 16.6 Å². The molecular weight excluding hydrogens is 486 g/mol. The summed E-state index contributed by atoms with van der Waals surface area (Å²) in [6.45, 7) is 5.60. The second-order valence-corrected chi connectivity index (χ2v) is 11.1.